The van der Waals surface area contributed by atoms with Crippen molar-refractivity contribution in [1.29, 1.82) is 0 Å². The number of nitrogens with zero attached hydrogens (tertiary/aromatic N) is 2. The summed E-state index contributed by atoms with van der Waals surface area (Å²) in [6, 6.07) is 14.7. The standard InChI is InChI=1S/C23H18ClN3O4S2/c24-16-4-1-14(2-5-16)10-25-20(28)12-33-23-26-17-7-8-32-21(17)22(29)27(23)11-15-3-6-18-19(9-15)31-13-30-18/h1-9H,10-13H2,(H,25,28). The van der Waals surface area contributed by atoms with Gasteiger partial charge in [-0.2, -0.15) is 0 Å². The fourth-order valence-electron chi connectivity index (χ4n) is 3.38. The number of hydrogen-bond donors (Lipinski definition) is 1. The third-order valence-corrected chi connectivity index (χ3v) is 7.16. The number of fused-ring (bicyclic) bond motifs is 2. The van der Waals surface area contributed by atoms with Crippen molar-refractivity contribution >= 4 is 50.8 Å². The molecule has 168 valence electrons. The third kappa shape index (κ3) is 4.85. The van der Waals surface area contributed by atoms with Gasteiger partial charge in [-0.05, 0) is 46.8 Å². The summed E-state index contributed by atoms with van der Waals surface area (Å²) in [5.41, 5.74) is 2.34. The molecule has 0 spiro atoms. The minimum Gasteiger partial charge on any atom is -0.454 e. The van der Waals surface area contributed by atoms with Crippen LogP contribution in [0.2, 0.25) is 5.02 Å². The van der Waals surface area contributed by atoms with Gasteiger partial charge >= 0.3 is 0 Å². The predicted molar refractivity (Wildman–Crippen MR) is 130 cm³/mol. The Balaban J connectivity index is 1.34. The summed E-state index contributed by atoms with van der Waals surface area (Å²) in [5, 5.41) is 5.87. The molecule has 0 radical (unpaired) electrons. The van der Waals surface area contributed by atoms with Gasteiger partial charge in [0.15, 0.2) is 16.7 Å². The Morgan fingerprint density at radius 3 is 2.76 bits per heavy atom. The van der Waals surface area contributed by atoms with Crippen molar-refractivity contribution in [3.8, 4) is 11.5 Å². The number of halogens is 1. The van der Waals surface area contributed by atoms with Gasteiger partial charge in [-0.15, -0.1) is 11.3 Å². The van der Waals surface area contributed by atoms with E-state index in [4.69, 9.17) is 21.1 Å². The summed E-state index contributed by atoms with van der Waals surface area (Å²) >= 11 is 8.50. The van der Waals surface area contributed by atoms with E-state index in [1.54, 1.807) is 16.7 Å². The Labute approximate surface area is 202 Å². The first-order chi connectivity index (χ1) is 16.1. The molecule has 1 amide bonds. The summed E-state index contributed by atoms with van der Waals surface area (Å²) in [5.74, 6) is 1.33. The van der Waals surface area contributed by atoms with E-state index in [9.17, 15) is 9.59 Å². The lowest BCUT2D eigenvalue weighted by Crippen LogP contribution is -2.26. The number of carbonyl (C=O) groups is 1. The van der Waals surface area contributed by atoms with E-state index in [2.05, 4.69) is 10.3 Å². The van der Waals surface area contributed by atoms with Crippen LogP contribution in [0.5, 0.6) is 11.5 Å². The first-order valence-electron chi connectivity index (χ1n) is 10.1. The van der Waals surface area contributed by atoms with Gasteiger partial charge in [-0.1, -0.05) is 41.6 Å². The largest absolute Gasteiger partial charge is 0.454 e. The number of amides is 1. The molecular weight excluding hydrogens is 482 g/mol. The molecule has 2 aromatic carbocycles. The Morgan fingerprint density at radius 1 is 1.12 bits per heavy atom. The maximum Gasteiger partial charge on any atom is 0.272 e. The number of ether oxygens (including phenoxy) is 2. The maximum absolute atomic E-state index is 13.2. The summed E-state index contributed by atoms with van der Waals surface area (Å²) < 4.78 is 13.0. The predicted octanol–water partition coefficient (Wildman–Crippen LogP) is 4.30. The van der Waals surface area contributed by atoms with Gasteiger partial charge in [0, 0.05) is 11.6 Å². The highest BCUT2D eigenvalue weighted by Crippen LogP contribution is 2.33. The second-order valence-electron chi connectivity index (χ2n) is 7.30. The van der Waals surface area contributed by atoms with Crippen LogP contribution in [0.15, 0.2) is 63.9 Å². The number of benzene rings is 2. The first kappa shape index (κ1) is 21.8. The number of rotatable bonds is 7. The average molecular weight is 500 g/mol. The van der Waals surface area contributed by atoms with Crippen LogP contribution in [0.3, 0.4) is 0 Å². The Morgan fingerprint density at radius 2 is 1.91 bits per heavy atom. The molecule has 1 aliphatic heterocycles. The molecule has 0 fully saturated rings. The molecular formula is C23H18ClN3O4S2. The molecule has 33 heavy (non-hydrogen) atoms. The molecule has 0 atom stereocenters. The van der Waals surface area contributed by atoms with Crippen LogP contribution in [0.1, 0.15) is 11.1 Å². The monoisotopic (exact) mass is 499 g/mol. The van der Waals surface area contributed by atoms with Crippen molar-refractivity contribution in [2.24, 2.45) is 0 Å². The van der Waals surface area contributed by atoms with Crippen molar-refractivity contribution in [2.75, 3.05) is 12.5 Å². The number of carbonyl (C=O) groups excluding carboxylic acids is 1. The van der Waals surface area contributed by atoms with Crippen molar-refractivity contribution in [1.82, 2.24) is 14.9 Å². The second kappa shape index (κ2) is 9.46. The molecule has 7 nitrogen and oxygen atoms in total. The molecule has 2 aromatic heterocycles. The second-order valence-corrected chi connectivity index (χ2v) is 9.60. The van der Waals surface area contributed by atoms with E-state index in [1.807, 2.05) is 41.8 Å². The summed E-state index contributed by atoms with van der Waals surface area (Å²) in [4.78, 5) is 30.3. The minimum atomic E-state index is -0.149. The van der Waals surface area contributed by atoms with Crippen LogP contribution in [0.4, 0.5) is 0 Å². The van der Waals surface area contributed by atoms with E-state index >= 15 is 0 Å². The number of thiophene rings is 1. The topological polar surface area (TPSA) is 82.5 Å². The zero-order valence-corrected chi connectivity index (χ0v) is 19.6. The first-order valence-corrected chi connectivity index (χ1v) is 12.3. The normalized spacial score (nSPS) is 12.3. The van der Waals surface area contributed by atoms with Crippen LogP contribution >= 0.6 is 34.7 Å². The Kier molecular flexibility index (Phi) is 6.26. The quantitative estimate of drug-likeness (QED) is 0.301. The lowest BCUT2D eigenvalue weighted by molar-refractivity contribution is -0.118. The summed E-state index contributed by atoms with van der Waals surface area (Å²) in [6.07, 6.45) is 0. The SMILES string of the molecule is O=C(CSc1nc2ccsc2c(=O)n1Cc1ccc2c(c1)OCO2)NCc1ccc(Cl)cc1. The van der Waals surface area contributed by atoms with E-state index < -0.39 is 0 Å². The van der Waals surface area contributed by atoms with Gasteiger partial charge in [-0.25, -0.2) is 4.98 Å². The van der Waals surface area contributed by atoms with Crippen molar-refractivity contribution in [2.45, 2.75) is 18.2 Å². The van der Waals surface area contributed by atoms with Crippen LogP contribution < -0.4 is 20.3 Å². The number of thioether (sulfide) groups is 1. The average Bonchev–Trinajstić information content (AvgIpc) is 3.48. The third-order valence-electron chi connectivity index (χ3n) is 5.04. The molecule has 1 N–H and O–H groups in total. The highest BCUT2D eigenvalue weighted by molar-refractivity contribution is 7.99. The molecule has 0 saturated carbocycles. The van der Waals surface area contributed by atoms with Gasteiger partial charge in [-0.3, -0.25) is 14.2 Å². The highest BCUT2D eigenvalue weighted by Gasteiger charge is 2.17. The maximum atomic E-state index is 13.2. The summed E-state index contributed by atoms with van der Waals surface area (Å²) in [7, 11) is 0. The highest BCUT2D eigenvalue weighted by atomic mass is 35.5. The minimum absolute atomic E-state index is 0.128. The zero-order chi connectivity index (χ0) is 22.8. The summed E-state index contributed by atoms with van der Waals surface area (Å²) in [6.45, 7) is 0.899. The van der Waals surface area contributed by atoms with Gasteiger partial charge in [0.1, 0.15) is 4.70 Å². The van der Waals surface area contributed by atoms with E-state index in [0.717, 1.165) is 11.1 Å². The molecule has 0 unspecified atom stereocenters. The molecule has 0 bridgehead atoms. The van der Waals surface area contributed by atoms with Crippen molar-refractivity contribution in [3.63, 3.8) is 0 Å². The molecule has 10 heteroatoms. The zero-order valence-electron chi connectivity index (χ0n) is 17.2. The number of hydrogen-bond acceptors (Lipinski definition) is 7. The van der Waals surface area contributed by atoms with Crippen LogP contribution in [-0.2, 0) is 17.9 Å². The number of nitrogens with one attached hydrogen (secondary N) is 1. The number of aromatic nitrogens is 2. The van der Waals surface area contributed by atoms with Gasteiger partial charge in [0.2, 0.25) is 12.7 Å². The van der Waals surface area contributed by atoms with Crippen LogP contribution in [-0.4, -0.2) is 28.0 Å². The fraction of sp³-hybridized carbons (Fsp3) is 0.174. The van der Waals surface area contributed by atoms with Gasteiger partial charge in [0.25, 0.3) is 5.56 Å². The molecule has 5 rings (SSSR count). The molecule has 3 heterocycles. The van der Waals surface area contributed by atoms with Gasteiger partial charge in [0.05, 0.1) is 17.8 Å². The van der Waals surface area contributed by atoms with E-state index in [0.29, 0.717) is 45.0 Å². The van der Waals surface area contributed by atoms with E-state index in [-0.39, 0.29) is 24.0 Å². The molecule has 1 aliphatic rings. The van der Waals surface area contributed by atoms with E-state index in [1.165, 1.54) is 23.1 Å². The van der Waals surface area contributed by atoms with Crippen molar-refractivity contribution in [3.05, 3.63) is 80.4 Å². The van der Waals surface area contributed by atoms with Gasteiger partial charge < -0.3 is 14.8 Å². The fourth-order valence-corrected chi connectivity index (χ4v) is 5.11. The smallest absolute Gasteiger partial charge is 0.272 e. The lowest BCUT2D eigenvalue weighted by atomic mass is 10.2. The van der Waals surface area contributed by atoms with Crippen LogP contribution in [0, 0.1) is 0 Å². The molecule has 0 aliphatic carbocycles. The molecule has 4 aromatic rings. The Hall–Kier alpha value is -3.01. The molecule has 0 saturated heterocycles. The van der Waals surface area contributed by atoms with Crippen LogP contribution in [0.25, 0.3) is 10.2 Å². The lowest BCUT2D eigenvalue weighted by Gasteiger charge is -2.12. The Bertz CT molecular complexity index is 1380. The van der Waals surface area contributed by atoms with Crippen molar-refractivity contribution < 1.29 is 14.3 Å².